The van der Waals surface area contributed by atoms with Crippen LogP contribution in [0, 0.1) is 6.92 Å². The minimum Gasteiger partial charge on any atom is -0.476 e. The first kappa shape index (κ1) is 14.4. The lowest BCUT2D eigenvalue weighted by Crippen LogP contribution is -1.96. The minimum absolute atomic E-state index is 0.00598. The topological polar surface area (TPSA) is 55.1 Å². The zero-order valence-electron chi connectivity index (χ0n) is 11.8. The molecule has 1 heterocycles. The zero-order chi connectivity index (χ0) is 15.7. The van der Waals surface area contributed by atoms with Crippen molar-refractivity contribution in [3.05, 3.63) is 71.0 Å². The van der Waals surface area contributed by atoms with Crippen molar-refractivity contribution in [2.24, 2.45) is 0 Å². The Morgan fingerprint density at radius 2 is 1.91 bits per heavy atom. The van der Waals surface area contributed by atoms with Gasteiger partial charge in [0.2, 0.25) is 0 Å². The van der Waals surface area contributed by atoms with Gasteiger partial charge in [0.1, 0.15) is 5.82 Å². The number of carboxylic acids is 1. The van der Waals surface area contributed by atoms with Crippen LogP contribution in [0.2, 0.25) is 5.02 Å². The molecule has 0 bridgehead atoms. The molecule has 110 valence electrons. The lowest BCUT2D eigenvalue weighted by Gasteiger charge is -2.08. The second kappa shape index (κ2) is 5.66. The number of aromatic carboxylic acids is 1. The fourth-order valence-corrected chi connectivity index (χ4v) is 2.40. The molecule has 4 nitrogen and oxygen atoms in total. The SMILES string of the molecule is Cc1cccc(-c2nc(C(=O)O)cn2-c2ccc(Cl)cc2)c1. The summed E-state index contributed by atoms with van der Waals surface area (Å²) < 4.78 is 1.76. The maximum absolute atomic E-state index is 11.3. The average molecular weight is 313 g/mol. The van der Waals surface area contributed by atoms with Crippen LogP contribution in [0.15, 0.2) is 54.7 Å². The number of hydrogen-bond acceptors (Lipinski definition) is 2. The van der Waals surface area contributed by atoms with Crippen molar-refractivity contribution in [3.8, 4) is 17.1 Å². The van der Waals surface area contributed by atoms with Crippen molar-refractivity contribution in [2.75, 3.05) is 0 Å². The van der Waals surface area contributed by atoms with E-state index in [4.69, 9.17) is 11.6 Å². The second-order valence-electron chi connectivity index (χ2n) is 4.97. The number of aryl methyl sites for hydroxylation is 1. The van der Waals surface area contributed by atoms with E-state index < -0.39 is 5.97 Å². The van der Waals surface area contributed by atoms with Crippen LogP contribution in [-0.2, 0) is 0 Å². The highest BCUT2D eigenvalue weighted by molar-refractivity contribution is 6.30. The Morgan fingerprint density at radius 3 is 2.55 bits per heavy atom. The van der Waals surface area contributed by atoms with Crippen molar-refractivity contribution in [1.82, 2.24) is 9.55 Å². The molecule has 3 aromatic rings. The first-order valence-corrected chi connectivity index (χ1v) is 7.08. The van der Waals surface area contributed by atoms with Crippen LogP contribution >= 0.6 is 11.6 Å². The Hall–Kier alpha value is -2.59. The number of carbonyl (C=O) groups is 1. The molecule has 0 aliphatic rings. The van der Waals surface area contributed by atoms with E-state index in [0.29, 0.717) is 10.8 Å². The number of benzene rings is 2. The quantitative estimate of drug-likeness (QED) is 0.788. The van der Waals surface area contributed by atoms with Gasteiger partial charge in [-0.05, 0) is 37.3 Å². The summed E-state index contributed by atoms with van der Waals surface area (Å²) in [5, 5.41) is 9.84. The molecule has 0 saturated heterocycles. The molecule has 0 radical (unpaired) electrons. The third kappa shape index (κ3) is 2.73. The number of nitrogens with zero attached hydrogens (tertiary/aromatic N) is 2. The standard InChI is InChI=1S/C17H13ClN2O2/c1-11-3-2-4-12(9-11)16-19-15(17(21)22)10-20(16)14-7-5-13(18)6-8-14/h2-10H,1H3,(H,21,22). The van der Waals surface area contributed by atoms with Crippen LogP contribution in [-0.4, -0.2) is 20.6 Å². The molecule has 0 amide bonds. The summed E-state index contributed by atoms with van der Waals surface area (Å²) in [5.74, 6) is -0.468. The van der Waals surface area contributed by atoms with E-state index in [1.165, 1.54) is 6.20 Å². The molecule has 0 aliphatic carbocycles. The summed E-state index contributed by atoms with van der Waals surface area (Å²) in [6.45, 7) is 1.98. The first-order valence-electron chi connectivity index (χ1n) is 6.70. The predicted molar refractivity (Wildman–Crippen MR) is 85.7 cm³/mol. The molecule has 1 aromatic heterocycles. The van der Waals surface area contributed by atoms with Crippen LogP contribution < -0.4 is 0 Å². The molecule has 0 spiro atoms. The summed E-state index contributed by atoms with van der Waals surface area (Å²) >= 11 is 5.91. The molecule has 1 N–H and O–H groups in total. The van der Waals surface area contributed by atoms with Crippen LogP contribution in [0.25, 0.3) is 17.1 Å². The third-order valence-electron chi connectivity index (χ3n) is 3.31. The fraction of sp³-hybridized carbons (Fsp3) is 0.0588. The molecule has 0 fully saturated rings. The maximum atomic E-state index is 11.3. The summed E-state index contributed by atoms with van der Waals surface area (Å²) in [4.78, 5) is 15.5. The monoisotopic (exact) mass is 312 g/mol. The molecular weight excluding hydrogens is 300 g/mol. The lowest BCUT2D eigenvalue weighted by molar-refractivity contribution is 0.0691. The zero-order valence-corrected chi connectivity index (χ0v) is 12.6. The van der Waals surface area contributed by atoms with E-state index in [9.17, 15) is 9.90 Å². The molecule has 0 unspecified atom stereocenters. The number of imidazole rings is 1. The molecular formula is C17H13ClN2O2. The Bertz CT molecular complexity index is 838. The van der Waals surface area contributed by atoms with E-state index in [-0.39, 0.29) is 5.69 Å². The van der Waals surface area contributed by atoms with Crippen molar-refractivity contribution in [3.63, 3.8) is 0 Å². The highest BCUT2D eigenvalue weighted by atomic mass is 35.5. The molecule has 0 atom stereocenters. The maximum Gasteiger partial charge on any atom is 0.356 e. The van der Waals surface area contributed by atoms with E-state index in [1.807, 2.05) is 43.3 Å². The van der Waals surface area contributed by atoms with Gasteiger partial charge in [-0.25, -0.2) is 9.78 Å². The van der Waals surface area contributed by atoms with Gasteiger partial charge in [0.05, 0.1) is 0 Å². The Balaban J connectivity index is 2.20. The van der Waals surface area contributed by atoms with E-state index in [1.54, 1.807) is 16.7 Å². The third-order valence-corrected chi connectivity index (χ3v) is 3.56. The molecule has 0 aliphatic heterocycles. The molecule has 2 aromatic carbocycles. The number of carboxylic acid groups (broad SMARTS) is 1. The van der Waals surface area contributed by atoms with Crippen molar-refractivity contribution < 1.29 is 9.90 Å². The second-order valence-corrected chi connectivity index (χ2v) is 5.41. The molecule has 0 saturated carbocycles. The number of aromatic nitrogens is 2. The summed E-state index contributed by atoms with van der Waals surface area (Å²) in [7, 11) is 0. The Labute approximate surface area is 132 Å². The van der Waals surface area contributed by atoms with Gasteiger partial charge in [0.15, 0.2) is 5.69 Å². The highest BCUT2D eigenvalue weighted by Crippen LogP contribution is 2.24. The molecule has 5 heteroatoms. The molecule has 3 rings (SSSR count). The predicted octanol–water partition coefficient (Wildman–Crippen LogP) is 4.20. The van der Waals surface area contributed by atoms with Gasteiger partial charge in [0.25, 0.3) is 0 Å². The summed E-state index contributed by atoms with van der Waals surface area (Å²) in [6.07, 6.45) is 1.52. The first-order chi connectivity index (χ1) is 10.5. The van der Waals surface area contributed by atoms with Gasteiger partial charge in [-0.2, -0.15) is 0 Å². The van der Waals surface area contributed by atoms with Gasteiger partial charge in [0, 0.05) is 22.5 Å². The van der Waals surface area contributed by atoms with Crippen LogP contribution in [0.3, 0.4) is 0 Å². The normalized spacial score (nSPS) is 10.6. The Kier molecular flexibility index (Phi) is 3.69. The Morgan fingerprint density at radius 1 is 1.18 bits per heavy atom. The van der Waals surface area contributed by atoms with Crippen LogP contribution in [0.5, 0.6) is 0 Å². The van der Waals surface area contributed by atoms with Crippen LogP contribution in [0.4, 0.5) is 0 Å². The number of hydrogen-bond donors (Lipinski definition) is 1. The average Bonchev–Trinajstić information content (AvgIpc) is 2.93. The van der Waals surface area contributed by atoms with Gasteiger partial charge in [-0.3, -0.25) is 4.57 Å². The fourth-order valence-electron chi connectivity index (χ4n) is 2.27. The van der Waals surface area contributed by atoms with Crippen molar-refractivity contribution in [1.29, 1.82) is 0 Å². The summed E-state index contributed by atoms with van der Waals surface area (Å²) in [6, 6.07) is 15.0. The summed E-state index contributed by atoms with van der Waals surface area (Å²) in [5.41, 5.74) is 2.76. The van der Waals surface area contributed by atoms with Gasteiger partial charge in [-0.1, -0.05) is 35.4 Å². The van der Waals surface area contributed by atoms with Crippen molar-refractivity contribution >= 4 is 17.6 Å². The van der Waals surface area contributed by atoms with Gasteiger partial charge >= 0.3 is 5.97 Å². The van der Waals surface area contributed by atoms with Gasteiger partial charge < -0.3 is 5.11 Å². The highest BCUT2D eigenvalue weighted by Gasteiger charge is 2.16. The van der Waals surface area contributed by atoms with Gasteiger partial charge in [-0.15, -0.1) is 0 Å². The van der Waals surface area contributed by atoms with Crippen molar-refractivity contribution in [2.45, 2.75) is 6.92 Å². The van der Waals surface area contributed by atoms with Crippen LogP contribution in [0.1, 0.15) is 16.1 Å². The minimum atomic E-state index is -1.05. The largest absolute Gasteiger partial charge is 0.476 e. The van der Waals surface area contributed by atoms with E-state index in [0.717, 1.165) is 16.8 Å². The molecule has 22 heavy (non-hydrogen) atoms. The lowest BCUT2D eigenvalue weighted by atomic mass is 10.1. The number of rotatable bonds is 3. The van der Waals surface area contributed by atoms with E-state index in [2.05, 4.69) is 4.98 Å². The number of halogens is 1. The van der Waals surface area contributed by atoms with E-state index >= 15 is 0 Å². The smallest absolute Gasteiger partial charge is 0.356 e.